The van der Waals surface area contributed by atoms with Crippen LogP contribution >= 0.6 is 0 Å². The third-order valence-corrected chi connectivity index (χ3v) is 0.802. The lowest BCUT2D eigenvalue weighted by molar-refractivity contribution is -0.131. The van der Waals surface area contributed by atoms with Gasteiger partial charge in [-0.25, -0.2) is 4.79 Å². The van der Waals surface area contributed by atoms with Crippen LogP contribution in [0.15, 0.2) is 24.3 Å². The highest BCUT2D eigenvalue weighted by Crippen LogP contribution is 1.68. The van der Waals surface area contributed by atoms with E-state index in [0.29, 0.717) is 6.08 Å². The smallest absolute Gasteiger partial charge is 0.328 e. The molecule has 0 aliphatic rings. The van der Waals surface area contributed by atoms with E-state index in [-0.39, 0.29) is 0 Å². The van der Waals surface area contributed by atoms with Gasteiger partial charge in [0.1, 0.15) is 0 Å². The number of carbonyl (C=O) groups excluding carboxylic acids is 3. The molecule has 7 N–H and O–H groups in total. The highest BCUT2D eigenvalue weighted by Gasteiger charge is 1.86. The summed E-state index contributed by atoms with van der Waals surface area (Å²) in [5.41, 5.74) is 13.8. The van der Waals surface area contributed by atoms with Gasteiger partial charge in [-0.1, -0.05) is 0 Å². The van der Waals surface area contributed by atoms with Gasteiger partial charge in [-0.3, -0.25) is 14.4 Å². The Kier molecular flexibility index (Phi) is 8.83. The third kappa shape index (κ3) is 22.5. The predicted octanol–water partition coefficient (Wildman–Crippen LogP) is -2.37. The first kappa shape index (κ1) is 15.8. The minimum Gasteiger partial charge on any atom is -0.478 e. The maximum absolute atomic E-state index is 9.83. The summed E-state index contributed by atoms with van der Waals surface area (Å²) >= 11 is 0. The molecule has 0 fully saturated rings. The summed E-state index contributed by atoms with van der Waals surface area (Å²) in [7, 11) is 0. The van der Waals surface area contributed by atoms with Crippen LogP contribution in [-0.4, -0.2) is 28.8 Å². The fourth-order valence-corrected chi connectivity index (χ4v) is 0.318. The molecule has 0 saturated heterocycles. The molecule has 0 radical (unpaired) electrons. The molecular formula is C8H11N3O5. The summed E-state index contributed by atoms with van der Waals surface area (Å²) in [6, 6.07) is 0. The average Bonchev–Trinajstić information content (AvgIpc) is 2.12. The van der Waals surface area contributed by atoms with E-state index < -0.39 is 23.7 Å². The van der Waals surface area contributed by atoms with Crippen LogP contribution in [0.25, 0.3) is 0 Å². The molecule has 0 spiro atoms. The summed E-state index contributed by atoms with van der Waals surface area (Å²) in [6.07, 6.45) is 3.27. The predicted molar refractivity (Wildman–Crippen MR) is 53.5 cm³/mol. The molecule has 0 bridgehead atoms. The first-order valence-corrected chi connectivity index (χ1v) is 3.73. The van der Waals surface area contributed by atoms with Gasteiger partial charge in [-0.2, -0.15) is 0 Å². The van der Waals surface area contributed by atoms with Crippen molar-refractivity contribution in [3.8, 4) is 0 Å². The molecule has 0 aromatic heterocycles. The molecule has 0 heterocycles. The zero-order valence-corrected chi connectivity index (χ0v) is 8.12. The molecule has 8 heteroatoms. The van der Waals surface area contributed by atoms with Crippen LogP contribution in [0.4, 0.5) is 0 Å². The molecule has 16 heavy (non-hydrogen) atoms. The summed E-state index contributed by atoms with van der Waals surface area (Å²) in [6.45, 7) is 0. The van der Waals surface area contributed by atoms with Gasteiger partial charge in [-0.15, -0.1) is 0 Å². The molecule has 3 amide bonds. The summed E-state index contributed by atoms with van der Waals surface area (Å²) in [4.78, 5) is 39.0. The van der Waals surface area contributed by atoms with Crippen LogP contribution in [-0.2, 0) is 19.2 Å². The number of hydrogen-bond acceptors (Lipinski definition) is 4. The first-order valence-electron chi connectivity index (χ1n) is 3.73. The van der Waals surface area contributed by atoms with E-state index in [0.717, 1.165) is 18.2 Å². The minimum atomic E-state index is -1.18. The Morgan fingerprint density at radius 2 is 0.938 bits per heavy atom. The maximum atomic E-state index is 9.83. The third-order valence-electron chi connectivity index (χ3n) is 0.802. The van der Waals surface area contributed by atoms with Gasteiger partial charge in [-0.05, 0) is 0 Å². The van der Waals surface area contributed by atoms with E-state index in [4.69, 9.17) is 5.11 Å². The summed E-state index contributed by atoms with van der Waals surface area (Å²) < 4.78 is 0. The second-order valence-electron chi connectivity index (χ2n) is 2.21. The number of primary amides is 3. The van der Waals surface area contributed by atoms with Crippen molar-refractivity contribution in [3.63, 3.8) is 0 Å². The summed E-state index contributed by atoms with van der Waals surface area (Å²) in [5, 5.41) is 7.87. The summed E-state index contributed by atoms with van der Waals surface area (Å²) in [5.74, 6) is -3.29. The standard InChI is InChI=1S/C4H6N2O2.C4H5NO3/c5-3(7)1-2-4(6)8;5-3(6)1-2-4(7)8/h1-2H,(H2,5,7)(H2,6,8);1-2H,(H2,5,6)(H,7,8)/b2*2-1-. The fourth-order valence-electron chi connectivity index (χ4n) is 0.318. The number of nitrogens with two attached hydrogens (primary N) is 3. The number of amides is 3. The van der Waals surface area contributed by atoms with Crippen LogP contribution in [0, 0.1) is 0 Å². The van der Waals surface area contributed by atoms with Crippen molar-refractivity contribution in [2.24, 2.45) is 17.2 Å². The molecule has 0 unspecified atom stereocenters. The van der Waals surface area contributed by atoms with E-state index in [1.165, 1.54) is 0 Å². The molecule has 0 saturated carbocycles. The largest absolute Gasteiger partial charge is 0.478 e. The van der Waals surface area contributed by atoms with E-state index in [2.05, 4.69) is 17.2 Å². The van der Waals surface area contributed by atoms with Crippen molar-refractivity contribution in [2.75, 3.05) is 0 Å². The van der Waals surface area contributed by atoms with Crippen molar-refractivity contribution in [2.45, 2.75) is 0 Å². The highest BCUT2D eigenvalue weighted by molar-refractivity contribution is 5.95. The Morgan fingerprint density at radius 3 is 1.06 bits per heavy atom. The first-order chi connectivity index (χ1) is 7.25. The van der Waals surface area contributed by atoms with E-state index in [9.17, 15) is 19.2 Å². The Bertz CT molecular complexity index is 280. The SMILES string of the molecule is NC(=O)/C=C\C(=O)O.NC(=O)/C=C\C(N)=O. The maximum Gasteiger partial charge on any atom is 0.328 e. The lowest BCUT2D eigenvalue weighted by Crippen LogP contribution is -2.10. The molecule has 0 rings (SSSR count). The van der Waals surface area contributed by atoms with Crippen LogP contribution in [0.1, 0.15) is 0 Å². The van der Waals surface area contributed by atoms with Crippen molar-refractivity contribution in [1.29, 1.82) is 0 Å². The fraction of sp³-hybridized carbons (Fsp3) is 0. The van der Waals surface area contributed by atoms with Crippen molar-refractivity contribution in [1.82, 2.24) is 0 Å². The minimum absolute atomic E-state index is 0.677. The Balaban J connectivity index is 0. The molecular weight excluding hydrogens is 218 g/mol. The van der Waals surface area contributed by atoms with Crippen molar-refractivity contribution >= 4 is 23.7 Å². The number of carbonyl (C=O) groups is 4. The van der Waals surface area contributed by atoms with E-state index in [1.54, 1.807) is 0 Å². The molecule has 0 aliphatic carbocycles. The zero-order chi connectivity index (χ0) is 13.1. The monoisotopic (exact) mass is 229 g/mol. The van der Waals surface area contributed by atoms with Crippen LogP contribution in [0.5, 0.6) is 0 Å². The van der Waals surface area contributed by atoms with Crippen LogP contribution in [0.2, 0.25) is 0 Å². The average molecular weight is 229 g/mol. The number of hydrogen-bond donors (Lipinski definition) is 4. The topological polar surface area (TPSA) is 167 Å². The molecule has 0 atom stereocenters. The van der Waals surface area contributed by atoms with Gasteiger partial charge < -0.3 is 22.3 Å². The number of carboxylic acids is 1. The van der Waals surface area contributed by atoms with Gasteiger partial charge in [0, 0.05) is 24.3 Å². The van der Waals surface area contributed by atoms with Gasteiger partial charge in [0.15, 0.2) is 0 Å². The van der Waals surface area contributed by atoms with Gasteiger partial charge in [0.2, 0.25) is 17.7 Å². The quantitative estimate of drug-likeness (QED) is 0.394. The molecule has 8 nitrogen and oxygen atoms in total. The van der Waals surface area contributed by atoms with Gasteiger partial charge in [0.25, 0.3) is 0 Å². The second-order valence-corrected chi connectivity index (χ2v) is 2.21. The van der Waals surface area contributed by atoms with Crippen LogP contribution < -0.4 is 17.2 Å². The molecule has 88 valence electrons. The van der Waals surface area contributed by atoms with Gasteiger partial charge >= 0.3 is 5.97 Å². The lowest BCUT2D eigenvalue weighted by atomic mass is 10.5. The van der Waals surface area contributed by atoms with E-state index >= 15 is 0 Å². The highest BCUT2D eigenvalue weighted by atomic mass is 16.4. The van der Waals surface area contributed by atoms with E-state index in [1.807, 2.05) is 0 Å². The Labute approximate surface area is 90.4 Å². The molecule has 0 aromatic rings. The number of aliphatic carboxylic acids is 1. The number of rotatable bonds is 4. The second kappa shape index (κ2) is 8.94. The van der Waals surface area contributed by atoms with Crippen molar-refractivity contribution < 1.29 is 24.3 Å². The van der Waals surface area contributed by atoms with Crippen LogP contribution in [0.3, 0.4) is 0 Å². The number of carboxylic acid groups (broad SMARTS) is 1. The molecule has 0 aromatic carbocycles. The Hall–Kier alpha value is -2.64. The zero-order valence-electron chi connectivity index (χ0n) is 8.12. The normalized spacial score (nSPS) is 9.50. The van der Waals surface area contributed by atoms with Gasteiger partial charge in [0.05, 0.1) is 0 Å². The molecule has 0 aliphatic heterocycles. The lowest BCUT2D eigenvalue weighted by Gasteiger charge is -1.76. The van der Waals surface area contributed by atoms with Crippen molar-refractivity contribution in [3.05, 3.63) is 24.3 Å². The Morgan fingerprint density at radius 1 is 0.688 bits per heavy atom.